The van der Waals surface area contributed by atoms with E-state index in [1.807, 2.05) is 61.5 Å². The molecule has 0 aliphatic carbocycles. The molecule has 130 valence electrons. The molecule has 0 bridgehead atoms. The van der Waals surface area contributed by atoms with E-state index in [0.717, 1.165) is 26.9 Å². The van der Waals surface area contributed by atoms with Crippen LogP contribution in [0.15, 0.2) is 63.6 Å². The minimum Gasteiger partial charge on any atom is -0.368 e. The molecule has 0 aliphatic heterocycles. The molecule has 1 aromatic heterocycles. The Morgan fingerprint density at radius 2 is 1.80 bits per heavy atom. The average Bonchev–Trinajstić information content (AvgIpc) is 2.97. The second kappa shape index (κ2) is 7.95. The minimum absolute atomic E-state index is 0.354. The van der Waals surface area contributed by atoms with E-state index < -0.39 is 6.29 Å². The number of hydrogen-bond acceptors (Lipinski definition) is 4. The molecule has 2 aromatic carbocycles. The standard InChI is InChI=1S/C20H20BrNO3/c1-13-19(20(25-22-13)16-8-10-17(21)11-9-16)18(24-14(2)23)12-15-6-4-3-5-7-15/h3-11,14,18,23H,12H2,1-2H3. The molecule has 0 spiro atoms. The Balaban J connectivity index is 2.00. The van der Waals surface area contributed by atoms with Crippen molar-refractivity contribution < 1.29 is 14.4 Å². The SMILES string of the molecule is Cc1noc(-c2ccc(Br)cc2)c1C(Cc1ccccc1)OC(C)O. The smallest absolute Gasteiger partial charge is 0.172 e. The summed E-state index contributed by atoms with van der Waals surface area (Å²) in [6.07, 6.45) is -0.620. The van der Waals surface area contributed by atoms with Gasteiger partial charge >= 0.3 is 0 Å². The highest BCUT2D eigenvalue weighted by atomic mass is 79.9. The molecular weight excluding hydrogens is 382 g/mol. The zero-order chi connectivity index (χ0) is 17.8. The van der Waals surface area contributed by atoms with Gasteiger partial charge in [0.1, 0.15) is 0 Å². The lowest BCUT2D eigenvalue weighted by Crippen LogP contribution is -2.16. The van der Waals surface area contributed by atoms with Gasteiger partial charge in [-0.3, -0.25) is 0 Å². The van der Waals surface area contributed by atoms with Crippen LogP contribution in [0.4, 0.5) is 0 Å². The van der Waals surface area contributed by atoms with Gasteiger partial charge in [-0.05, 0) is 31.5 Å². The molecule has 0 fully saturated rings. The summed E-state index contributed by atoms with van der Waals surface area (Å²) >= 11 is 3.44. The molecule has 0 radical (unpaired) electrons. The first-order valence-electron chi connectivity index (χ1n) is 8.14. The van der Waals surface area contributed by atoms with Crippen molar-refractivity contribution in [2.45, 2.75) is 32.7 Å². The largest absolute Gasteiger partial charge is 0.368 e. The number of benzene rings is 2. The van der Waals surface area contributed by atoms with Crippen molar-refractivity contribution in [3.63, 3.8) is 0 Å². The van der Waals surface area contributed by atoms with Crippen molar-refractivity contribution in [1.29, 1.82) is 0 Å². The molecule has 0 amide bonds. The third-order valence-electron chi connectivity index (χ3n) is 3.96. The lowest BCUT2D eigenvalue weighted by atomic mass is 9.97. The van der Waals surface area contributed by atoms with Crippen molar-refractivity contribution in [3.8, 4) is 11.3 Å². The van der Waals surface area contributed by atoms with Crippen molar-refractivity contribution in [1.82, 2.24) is 5.16 Å². The van der Waals surface area contributed by atoms with Gasteiger partial charge in [0.15, 0.2) is 12.1 Å². The van der Waals surface area contributed by atoms with Crippen molar-refractivity contribution in [3.05, 3.63) is 75.9 Å². The Labute approximate surface area is 155 Å². The van der Waals surface area contributed by atoms with Crippen LogP contribution in [0, 0.1) is 6.92 Å². The van der Waals surface area contributed by atoms with E-state index in [0.29, 0.717) is 12.2 Å². The summed E-state index contributed by atoms with van der Waals surface area (Å²) in [5, 5.41) is 13.9. The van der Waals surface area contributed by atoms with Crippen molar-refractivity contribution in [2.75, 3.05) is 0 Å². The van der Waals surface area contributed by atoms with Gasteiger partial charge in [-0.25, -0.2) is 0 Å². The van der Waals surface area contributed by atoms with E-state index in [1.54, 1.807) is 6.92 Å². The number of nitrogens with zero attached hydrogens (tertiary/aromatic N) is 1. The summed E-state index contributed by atoms with van der Waals surface area (Å²) < 4.78 is 12.4. The highest BCUT2D eigenvalue weighted by Crippen LogP contribution is 2.35. The Bertz CT molecular complexity index is 813. The van der Waals surface area contributed by atoms with Crippen LogP contribution in [-0.2, 0) is 11.2 Å². The number of aliphatic hydroxyl groups is 1. The second-order valence-corrected chi connectivity index (χ2v) is 6.85. The molecular formula is C20H20BrNO3. The number of ether oxygens (including phenoxy) is 1. The van der Waals surface area contributed by atoms with Crippen LogP contribution in [0.1, 0.15) is 29.8 Å². The summed E-state index contributed by atoms with van der Waals surface area (Å²) in [4.78, 5) is 0. The van der Waals surface area contributed by atoms with Gasteiger partial charge in [0, 0.05) is 16.5 Å². The third-order valence-corrected chi connectivity index (χ3v) is 4.49. The molecule has 25 heavy (non-hydrogen) atoms. The quantitative estimate of drug-likeness (QED) is 0.587. The fourth-order valence-electron chi connectivity index (χ4n) is 2.85. The maximum absolute atomic E-state index is 9.81. The fourth-order valence-corrected chi connectivity index (χ4v) is 3.11. The highest BCUT2D eigenvalue weighted by Gasteiger charge is 2.26. The molecule has 0 saturated heterocycles. The van der Waals surface area contributed by atoms with Gasteiger partial charge in [-0.15, -0.1) is 0 Å². The fraction of sp³-hybridized carbons (Fsp3) is 0.250. The molecule has 0 aliphatic rings. The van der Waals surface area contributed by atoms with Crippen LogP contribution in [0.25, 0.3) is 11.3 Å². The second-order valence-electron chi connectivity index (χ2n) is 5.93. The van der Waals surface area contributed by atoms with Crippen LogP contribution in [0.5, 0.6) is 0 Å². The molecule has 1 N–H and O–H groups in total. The lowest BCUT2D eigenvalue weighted by molar-refractivity contribution is -0.125. The maximum atomic E-state index is 9.81. The number of rotatable bonds is 6. The van der Waals surface area contributed by atoms with Gasteiger partial charge in [-0.1, -0.05) is 63.6 Å². The number of aromatic nitrogens is 1. The molecule has 1 heterocycles. The van der Waals surface area contributed by atoms with Gasteiger partial charge < -0.3 is 14.4 Å². The molecule has 0 saturated carbocycles. The van der Waals surface area contributed by atoms with Crippen LogP contribution in [0.2, 0.25) is 0 Å². The molecule has 2 atom stereocenters. The number of aliphatic hydroxyl groups excluding tert-OH is 1. The van der Waals surface area contributed by atoms with E-state index in [-0.39, 0.29) is 6.10 Å². The van der Waals surface area contributed by atoms with Gasteiger partial charge in [-0.2, -0.15) is 0 Å². The molecule has 2 unspecified atom stereocenters. The predicted molar refractivity (Wildman–Crippen MR) is 100 cm³/mol. The maximum Gasteiger partial charge on any atom is 0.172 e. The third kappa shape index (κ3) is 4.37. The molecule has 5 heteroatoms. The first-order valence-corrected chi connectivity index (χ1v) is 8.93. The van der Waals surface area contributed by atoms with E-state index >= 15 is 0 Å². The molecule has 3 aromatic rings. The van der Waals surface area contributed by atoms with Gasteiger partial charge in [0.25, 0.3) is 0 Å². The minimum atomic E-state index is -0.888. The summed E-state index contributed by atoms with van der Waals surface area (Å²) in [6.45, 7) is 3.50. The van der Waals surface area contributed by atoms with E-state index in [1.165, 1.54) is 0 Å². The highest BCUT2D eigenvalue weighted by molar-refractivity contribution is 9.10. The topological polar surface area (TPSA) is 55.5 Å². The Kier molecular flexibility index (Phi) is 5.68. The lowest BCUT2D eigenvalue weighted by Gasteiger charge is -2.20. The van der Waals surface area contributed by atoms with Crippen molar-refractivity contribution in [2.24, 2.45) is 0 Å². The number of halogens is 1. The van der Waals surface area contributed by atoms with E-state index in [4.69, 9.17) is 9.26 Å². The zero-order valence-electron chi connectivity index (χ0n) is 14.1. The van der Waals surface area contributed by atoms with Crippen LogP contribution >= 0.6 is 15.9 Å². The Morgan fingerprint density at radius 3 is 2.44 bits per heavy atom. The first kappa shape index (κ1) is 17.9. The molecule has 4 nitrogen and oxygen atoms in total. The molecule has 3 rings (SSSR count). The summed E-state index contributed by atoms with van der Waals surface area (Å²) in [7, 11) is 0. The monoisotopic (exact) mass is 401 g/mol. The van der Waals surface area contributed by atoms with Crippen molar-refractivity contribution >= 4 is 15.9 Å². The van der Waals surface area contributed by atoms with E-state index in [2.05, 4.69) is 21.1 Å². The van der Waals surface area contributed by atoms with Gasteiger partial charge in [0.05, 0.1) is 17.4 Å². The Hall–Kier alpha value is -1.95. The van der Waals surface area contributed by atoms with E-state index in [9.17, 15) is 5.11 Å². The zero-order valence-corrected chi connectivity index (χ0v) is 15.7. The number of aryl methyl sites for hydroxylation is 1. The average molecular weight is 402 g/mol. The Morgan fingerprint density at radius 1 is 1.12 bits per heavy atom. The normalized spacial score (nSPS) is 13.6. The van der Waals surface area contributed by atoms with Gasteiger partial charge in [0.2, 0.25) is 0 Å². The summed E-state index contributed by atoms with van der Waals surface area (Å²) in [5.74, 6) is 0.673. The number of hydrogen-bond donors (Lipinski definition) is 1. The first-order chi connectivity index (χ1) is 12.0. The predicted octanol–water partition coefficient (Wildman–Crippen LogP) is 5.05. The van der Waals surface area contributed by atoms with Crippen LogP contribution < -0.4 is 0 Å². The van der Waals surface area contributed by atoms with Crippen LogP contribution in [-0.4, -0.2) is 16.6 Å². The van der Waals surface area contributed by atoms with Crippen LogP contribution in [0.3, 0.4) is 0 Å². The summed E-state index contributed by atoms with van der Waals surface area (Å²) in [6, 6.07) is 17.9. The summed E-state index contributed by atoms with van der Waals surface area (Å²) in [5.41, 5.74) is 3.67.